The smallest absolute Gasteiger partial charge is 0.220 e. The van der Waals surface area contributed by atoms with E-state index in [1.807, 2.05) is 24.3 Å². The third-order valence-electron chi connectivity index (χ3n) is 3.53. The van der Waals surface area contributed by atoms with Crippen LogP contribution in [0.25, 0.3) is 10.9 Å². The average molecular weight is 320 g/mol. The van der Waals surface area contributed by atoms with Crippen LogP contribution in [0, 0.1) is 0 Å². The van der Waals surface area contributed by atoms with Gasteiger partial charge in [-0.2, -0.15) is 0 Å². The van der Waals surface area contributed by atoms with Gasteiger partial charge in [-0.1, -0.05) is 28.1 Å². The van der Waals surface area contributed by atoms with Crippen LogP contribution >= 0.6 is 15.9 Å². The molecule has 0 spiro atoms. The van der Waals surface area contributed by atoms with Crippen LogP contribution in [-0.4, -0.2) is 16.9 Å². The van der Waals surface area contributed by atoms with Crippen molar-refractivity contribution in [2.24, 2.45) is 5.73 Å². The summed E-state index contributed by atoms with van der Waals surface area (Å²) in [7, 11) is 0. The first kappa shape index (κ1) is 12.6. The molecule has 1 aliphatic rings. The van der Waals surface area contributed by atoms with E-state index in [4.69, 9.17) is 5.73 Å². The second kappa shape index (κ2) is 4.90. The zero-order chi connectivity index (χ0) is 13.4. The third-order valence-corrected chi connectivity index (χ3v) is 4.22. The number of rotatable bonds is 1. The predicted molar refractivity (Wildman–Crippen MR) is 77.5 cm³/mol. The van der Waals surface area contributed by atoms with E-state index in [0.29, 0.717) is 12.8 Å². The first-order valence-electron chi connectivity index (χ1n) is 6.25. The lowest BCUT2D eigenvalue weighted by molar-refractivity contribution is -0.123. The fourth-order valence-electron chi connectivity index (χ4n) is 2.54. The molecule has 2 atom stereocenters. The number of halogens is 1. The van der Waals surface area contributed by atoms with E-state index in [0.717, 1.165) is 20.9 Å². The summed E-state index contributed by atoms with van der Waals surface area (Å²) in [5, 5.41) is 4.01. The number of hydrogen-bond acceptors (Lipinski definition) is 3. The van der Waals surface area contributed by atoms with Crippen molar-refractivity contribution >= 4 is 32.7 Å². The predicted octanol–water partition coefficient (Wildman–Crippen LogP) is 2.28. The second-order valence-electron chi connectivity index (χ2n) is 4.78. The fourth-order valence-corrected chi connectivity index (χ4v) is 2.99. The van der Waals surface area contributed by atoms with Crippen molar-refractivity contribution in [3.05, 3.63) is 40.5 Å². The molecular formula is C14H14BrN3O. The van der Waals surface area contributed by atoms with E-state index < -0.39 is 0 Å². The Hall–Kier alpha value is -1.46. The molecule has 2 heterocycles. The van der Waals surface area contributed by atoms with Crippen LogP contribution < -0.4 is 11.1 Å². The monoisotopic (exact) mass is 319 g/mol. The van der Waals surface area contributed by atoms with Crippen molar-refractivity contribution in [3.8, 4) is 0 Å². The number of benzene rings is 1. The maximum absolute atomic E-state index is 11.6. The Labute approximate surface area is 119 Å². The van der Waals surface area contributed by atoms with Crippen molar-refractivity contribution in [1.82, 2.24) is 10.3 Å². The van der Waals surface area contributed by atoms with Crippen LogP contribution in [0.5, 0.6) is 0 Å². The molecule has 2 unspecified atom stereocenters. The first-order valence-corrected chi connectivity index (χ1v) is 7.04. The van der Waals surface area contributed by atoms with Gasteiger partial charge >= 0.3 is 0 Å². The molecule has 1 saturated heterocycles. The topological polar surface area (TPSA) is 68.0 Å². The molecule has 5 heteroatoms. The van der Waals surface area contributed by atoms with Crippen molar-refractivity contribution < 1.29 is 4.79 Å². The summed E-state index contributed by atoms with van der Waals surface area (Å²) in [6, 6.07) is 7.64. The van der Waals surface area contributed by atoms with Crippen LogP contribution in [0.3, 0.4) is 0 Å². The summed E-state index contributed by atoms with van der Waals surface area (Å²) in [6.45, 7) is 0. The SMILES string of the molecule is NC1CCC(=O)NC1c1ccc(Br)c2cccnc12. The third kappa shape index (κ3) is 2.24. The van der Waals surface area contributed by atoms with Crippen molar-refractivity contribution in [2.75, 3.05) is 0 Å². The van der Waals surface area contributed by atoms with Crippen molar-refractivity contribution in [2.45, 2.75) is 24.9 Å². The summed E-state index contributed by atoms with van der Waals surface area (Å²) < 4.78 is 0.995. The lowest BCUT2D eigenvalue weighted by Gasteiger charge is -2.30. The number of pyridine rings is 1. The molecule has 0 bridgehead atoms. The molecule has 1 aromatic heterocycles. The van der Waals surface area contributed by atoms with E-state index >= 15 is 0 Å². The summed E-state index contributed by atoms with van der Waals surface area (Å²) in [6.07, 6.45) is 2.97. The van der Waals surface area contributed by atoms with E-state index in [1.54, 1.807) is 6.20 Å². The Morgan fingerprint density at radius 3 is 3.05 bits per heavy atom. The Kier molecular flexibility index (Phi) is 3.24. The van der Waals surface area contributed by atoms with Gasteiger partial charge in [0.05, 0.1) is 11.6 Å². The molecule has 0 aliphatic carbocycles. The standard InChI is InChI=1S/C14H14BrN3O/c15-10-4-3-9(13-8(10)2-1-7-17-13)14-11(16)5-6-12(19)18-14/h1-4,7,11,14H,5-6,16H2,(H,18,19). The van der Waals surface area contributed by atoms with Gasteiger partial charge in [0, 0.05) is 34.1 Å². The number of aromatic nitrogens is 1. The van der Waals surface area contributed by atoms with Gasteiger partial charge in [-0.15, -0.1) is 0 Å². The Morgan fingerprint density at radius 2 is 2.21 bits per heavy atom. The minimum Gasteiger partial charge on any atom is -0.348 e. The zero-order valence-electron chi connectivity index (χ0n) is 10.3. The summed E-state index contributed by atoms with van der Waals surface area (Å²) in [4.78, 5) is 16.0. The van der Waals surface area contributed by atoms with Crippen LogP contribution in [0.1, 0.15) is 24.4 Å². The van der Waals surface area contributed by atoms with E-state index in [-0.39, 0.29) is 18.0 Å². The quantitative estimate of drug-likeness (QED) is 0.847. The number of nitrogens with one attached hydrogen (secondary N) is 1. The molecule has 19 heavy (non-hydrogen) atoms. The first-order chi connectivity index (χ1) is 9.16. The van der Waals surface area contributed by atoms with Crippen LogP contribution in [-0.2, 0) is 4.79 Å². The van der Waals surface area contributed by atoms with Gasteiger partial charge in [-0.05, 0) is 18.6 Å². The number of nitrogens with zero attached hydrogens (tertiary/aromatic N) is 1. The number of piperidine rings is 1. The van der Waals surface area contributed by atoms with Gasteiger partial charge in [-0.25, -0.2) is 0 Å². The molecule has 1 aromatic carbocycles. The Balaban J connectivity index is 2.14. The average Bonchev–Trinajstić information content (AvgIpc) is 2.43. The molecule has 3 N–H and O–H groups in total. The van der Waals surface area contributed by atoms with E-state index in [9.17, 15) is 4.79 Å². The molecule has 0 saturated carbocycles. The lowest BCUT2D eigenvalue weighted by Crippen LogP contribution is -2.45. The summed E-state index contributed by atoms with van der Waals surface area (Å²) in [5.41, 5.74) is 8.02. The molecule has 4 nitrogen and oxygen atoms in total. The van der Waals surface area contributed by atoms with E-state index in [1.165, 1.54) is 0 Å². The van der Waals surface area contributed by atoms with E-state index in [2.05, 4.69) is 26.2 Å². The van der Waals surface area contributed by atoms with Crippen LogP contribution in [0.2, 0.25) is 0 Å². The number of amides is 1. The number of carbonyl (C=O) groups is 1. The number of carbonyl (C=O) groups excluding carboxylic acids is 1. The minimum atomic E-state index is -0.160. The second-order valence-corrected chi connectivity index (χ2v) is 5.64. The molecule has 2 aromatic rings. The maximum atomic E-state index is 11.6. The Morgan fingerprint density at radius 1 is 1.37 bits per heavy atom. The maximum Gasteiger partial charge on any atom is 0.220 e. The van der Waals surface area contributed by atoms with Crippen molar-refractivity contribution in [3.63, 3.8) is 0 Å². The number of nitrogens with two attached hydrogens (primary N) is 1. The van der Waals surface area contributed by atoms with Gasteiger partial charge < -0.3 is 11.1 Å². The van der Waals surface area contributed by atoms with Crippen LogP contribution in [0.15, 0.2) is 34.9 Å². The number of hydrogen-bond donors (Lipinski definition) is 2. The largest absolute Gasteiger partial charge is 0.348 e. The highest BCUT2D eigenvalue weighted by molar-refractivity contribution is 9.10. The highest BCUT2D eigenvalue weighted by Gasteiger charge is 2.28. The molecule has 0 radical (unpaired) electrons. The van der Waals surface area contributed by atoms with Gasteiger partial charge in [0.2, 0.25) is 5.91 Å². The van der Waals surface area contributed by atoms with Gasteiger partial charge in [-0.3, -0.25) is 9.78 Å². The molecule has 1 fully saturated rings. The molecule has 3 rings (SSSR count). The highest BCUT2D eigenvalue weighted by atomic mass is 79.9. The molecule has 1 aliphatic heterocycles. The summed E-state index contributed by atoms with van der Waals surface area (Å²) in [5.74, 6) is 0.0544. The lowest BCUT2D eigenvalue weighted by atomic mass is 9.91. The zero-order valence-corrected chi connectivity index (χ0v) is 11.9. The van der Waals surface area contributed by atoms with Crippen molar-refractivity contribution in [1.29, 1.82) is 0 Å². The minimum absolute atomic E-state index is 0.0544. The highest BCUT2D eigenvalue weighted by Crippen LogP contribution is 2.31. The fraction of sp³-hybridized carbons (Fsp3) is 0.286. The molecule has 98 valence electrons. The van der Waals surface area contributed by atoms with Gasteiger partial charge in [0.15, 0.2) is 0 Å². The number of fused-ring (bicyclic) bond motifs is 1. The summed E-state index contributed by atoms with van der Waals surface area (Å²) >= 11 is 3.52. The van der Waals surface area contributed by atoms with Crippen LogP contribution in [0.4, 0.5) is 0 Å². The molecular weight excluding hydrogens is 306 g/mol. The van der Waals surface area contributed by atoms with Gasteiger partial charge in [0.1, 0.15) is 0 Å². The van der Waals surface area contributed by atoms with Gasteiger partial charge in [0.25, 0.3) is 0 Å². The normalized spacial score (nSPS) is 23.4. The Bertz CT molecular complexity index is 644. The molecule has 1 amide bonds.